The Morgan fingerprint density at radius 3 is 2.12 bits per heavy atom. The second-order valence-corrected chi connectivity index (χ2v) is 3.13. The maximum atomic E-state index is 12.4. The summed E-state index contributed by atoms with van der Waals surface area (Å²) in [7, 11) is 2.75. The number of rotatable bonds is 3. The molecule has 0 saturated carbocycles. The van der Waals surface area contributed by atoms with Gasteiger partial charge in [0.05, 0.1) is 14.2 Å². The van der Waals surface area contributed by atoms with Crippen molar-refractivity contribution in [2.24, 2.45) is 5.73 Å². The number of hydrogen-bond donors (Lipinski definition) is 1. The van der Waals surface area contributed by atoms with E-state index in [9.17, 15) is 13.2 Å². The molecule has 0 amide bonds. The number of nitrogens with two attached hydrogens (primary N) is 1. The molecule has 3 nitrogen and oxygen atoms in total. The summed E-state index contributed by atoms with van der Waals surface area (Å²) >= 11 is 0. The molecule has 0 unspecified atom stereocenters. The number of halogens is 3. The van der Waals surface area contributed by atoms with Crippen LogP contribution in [0, 0.1) is 0 Å². The van der Waals surface area contributed by atoms with Gasteiger partial charge < -0.3 is 15.2 Å². The summed E-state index contributed by atoms with van der Waals surface area (Å²) < 4.78 is 46.9. The molecule has 6 heteroatoms. The van der Waals surface area contributed by atoms with Crippen LogP contribution in [0.15, 0.2) is 18.2 Å². The fourth-order valence-electron chi connectivity index (χ4n) is 1.24. The second-order valence-electron chi connectivity index (χ2n) is 3.13. The molecule has 0 saturated heterocycles. The Bertz CT molecular complexity index is 366. The van der Waals surface area contributed by atoms with Gasteiger partial charge in [0.25, 0.3) is 0 Å². The van der Waals surface area contributed by atoms with Crippen molar-refractivity contribution in [2.45, 2.75) is 12.2 Å². The van der Waals surface area contributed by atoms with Gasteiger partial charge >= 0.3 is 6.18 Å². The van der Waals surface area contributed by atoms with Crippen molar-refractivity contribution in [3.63, 3.8) is 0 Å². The Kier molecular flexibility index (Phi) is 3.64. The van der Waals surface area contributed by atoms with E-state index in [1.165, 1.54) is 32.4 Å². The van der Waals surface area contributed by atoms with E-state index in [4.69, 9.17) is 15.2 Å². The Hall–Kier alpha value is -1.43. The number of ether oxygens (including phenoxy) is 2. The second kappa shape index (κ2) is 4.61. The fraction of sp³-hybridized carbons (Fsp3) is 0.400. The standard InChI is InChI=1S/C10H12F3NO2/c1-15-7-4-3-6(5-8(7)16-2)9(14)10(11,12)13/h3-5,9H,14H2,1-2H3/t9-/m1/s1. The largest absolute Gasteiger partial charge is 0.493 e. The molecule has 1 aromatic carbocycles. The third-order valence-corrected chi connectivity index (χ3v) is 2.12. The Labute approximate surface area is 91.0 Å². The molecule has 1 rings (SSSR count). The molecule has 1 atom stereocenters. The zero-order chi connectivity index (χ0) is 12.3. The van der Waals surface area contributed by atoms with Crippen molar-refractivity contribution in [3.05, 3.63) is 23.8 Å². The van der Waals surface area contributed by atoms with Crippen LogP contribution in [0.25, 0.3) is 0 Å². The van der Waals surface area contributed by atoms with Crippen LogP contribution in [-0.4, -0.2) is 20.4 Å². The lowest BCUT2D eigenvalue weighted by atomic mass is 10.1. The number of hydrogen-bond acceptors (Lipinski definition) is 3. The van der Waals surface area contributed by atoms with E-state index in [2.05, 4.69) is 0 Å². The van der Waals surface area contributed by atoms with Gasteiger partial charge in [-0.05, 0) is 17.7 Å². The predicted octanol–water partition coefficient (Wildman–Crippen LogP) is 2.27. The summed E-state index contributed by atoms with van der Waals surface area (Å²) in [5.74, 6) is 0.584. The first kappa shape index (κ1) is 12.6. The van der Waals surface area contributed by atoms with E-state index < -0.39 is 12.2 Å². The van der Waals surface area contributed by atoms with Crippen molar-refractivity contribution >= 4 is 0 Å². The van der Waals surface area contributed by atoms with E-state index in [0.717, 1.165) is 0 Å². The van der Waals surface area contributed by atoms with E-state index >= 15 is 0 Å². The lowest BCUT2D eigenvalue weighted by molar-refractivity contribution is -0.149. The zero-order valence-corrected chi connectivity index (χ0v) is 8.84. The molecule has 0 fully saturated rings. The number of alkyl halides is 3. The molecule has 0 radical (unpaired) electrons. The average molecular weight is 235 g/mol. The van der Waals surface area contributed by atoms with Gasteiger partial charge in [0, 0.05) is 0 Å². The molecule has 90 valence electrons. The normalized spacial score (nSPS) is 13.4. The summed E-state index contributed by atoms with van der Waals surface area (Å²) in [5.41, 5.74) is 5.00. The lowest BCUT2D eigenvalue weighted by Gasteiger charge is -2.17. The molecule has 0 aliphatic carbocycles. The van der Waals surface area contributed by atoms with Gasteiger partial charge in [0.2, 0.25) is 0 Å². The van der Waals surface area contributed by atoms with E-state index in [-0.39, 0.29) is 11.3 Å². The minimum absolute atomic E-state index is 0.0647. The average Bonchev–Trinajstić information content (AvgIpc) is 2.25. The molecule has 16 heavy (non-hydrogen) atoms. The third-order valence-electron chi connectivity index (χ3n) is 2.12. The maximum Gasteiger partial charge on any atom is 0.407 e. The van der Waals surface area contributed by atoms with Crippen LogP contribution in [0.4, 0.5) is 13.2 Å². The van der Waals surface area contributed by atoms with Crippen LogP contribution in [0.5, 0.6) is 11.5 Å². The highest BCUT2D eigenvalue weighted by atomic mass is 19.4. The van der Waals surface area contributed by atoms with Gasteiger partial charge in [-0.3, -0.25) is 0 Å². The van der Waals surface area contributed by atoms with Crippen molar-refractivity contribution in [1.82, 2.24) is 0 Å². The Balaban J connectivity index is 3.08. The molecular formula is C10H12F3NO2. The van der Waals surface area contributed by atoms with Crippen LogP contribution < -0.4 is 15.2 Å². The minimum atomic E-state index is -4.47. The molecule has 0 spiro atoms. The first-order valence-corrected chi connectivity index (χ1v) is 4.44. The van der Waals surface area contributed by atoms with E-state index in [1.54, 1.807) is 0 Å². The predicted molar refractivity (Wildman–Crippen MR) is 52.5 cm³/mol. The van der Waals surface area contributed by atoms with Gasteiger partial charge in [-0.15, -0.1) is 0 Å². The highest BCUT2D eigenvalue weighted by Crippen LogP contribution is 2.35. The molecular weight excluding hydrogens is 223 g/mol. The van der Waals surface area contributed by atoms with Crippen LogP contribution in [-0.2, 0) is 0 Å². The van der Waals surface area contributed by atoms with Crippen molar-refractivity contribution in [3.8, 4) is 11.5 Å². The van der Waals surface area contributed by atoms with Gasteiger partial charge in [0.1, 0.15) is 6.04 Å². The number of methoxy groups -OCH3 is 2. The number of benzene rings is 1. The van der Waals surface area contributed by atoms with Gasteiger partial charge in [0.15, 0.2) is 11.5 Å². The Morgan fingerprint density at radius 2 is 1.69 bits per heavy atom. The molecule has 0 aliphatic rings. The summed E-state index contributed by atoms with van der Waals surface area (Å²) in [4.78, 5) is 0. The van der Waals surface area contributed by atoms with Crippen LogP contribution in [0.1, 0.15) is 11.6 Å². The smallest absolute Gasteiger partial charge is 0.407 e. The first-order chi connectivity index (χ1) is 7.40. The molecule has 1 aromatic rings. The summed E-state index contributed by atoms with van der Waals surface area (Å²) in [6.45, 7) is 0. The van der Waals surface area contributed by atoms with E-state index in [1.807, 2.05) is 0 Å². The SMILES string of the molecule is COc1ccc([C@@H](N)C(F)(F)F)cc1OC. The van der Waals surface area contributed by atoms with Gasteiger partial charge in [-0.2, -0.15) is 13.2 Å². The Morgan fingerprint density at radius 1 is 1.12 bits per heavy atom. The van der Waals surface area contributed by atoms with Crippen LogP contribution in [0.3, 0.4) is 0 Å². The van der Waals surface area contributed by atoms with Crippen molar-refractivity contribution in [2.75, 3.05) is 14.2 Å². The monoisotopic (exact) mass is 235 g/mol. The highest BCUT2D eigenvalue weighted by molar-refractivity contribution is 5.43. The molecule has 0 aliphatic heterocycles. The van der Waals surface area contributed by atoms with Gasteiger partial charge in [-0.1, -0.05) is 6.07 Å². The maximum absolute atomic E-state index is 12.4. The molecule has 0 heterocycles. The van der Waals surface area contributed by atoms with Crippen molar-refractivity contribution < 1.29 is 22.6 Å². The zero-order valence-electron chi connectivity index (χ0n) is 8.84. The molecule has 2 N–H and O–H groups in total. The first-order valence-electron chi connectivity index (χ1n) is 4.44. The van der Waals surface area contributed by atoms with E-state index in [0.29, 0.717) is 5.75 Å². The lowest BCUT2D eigenvalue weighted by Crippen LogP contribution is -2.28. The van der Waals surface area contributed by atoms with Crippen molar-refractivity contribution in [1.29, 1.82) is 0 Å². The van der Waals surface area contributed by atoms with Crippen LogP contribution >= 0.6 is 0 Å². The topological polar surface area (TPSA) is 44.5 Å². The quantitative estimate of drug-likeness (QED) is 0.874. The highest BCUT2D eigenvalue weighted by Gasteiger charge is 2.38. The van der Waals surface area contributed by atoms with Gasteiger partial charge in [-0.25, -0.2) is 0 Å². The summed E-state index contributed by atoms with van der Waals surface area (Å²) in [6, 6.07) is 1.85. The molecule has 0 bridgehead atoms. The minimum Gasteiger partial charge on any atom is -0.493 e. The summed E-state index contributed by atoms with van der Waals surface area (Å²) in [5, 5.41) is 0. The molecule has 0 aromatic heterocycles. The summed E-state index contributed by atoms with van der Waals surface area (Å²) in [6.07, 6.45) is -4.47. The fourth-order valence-corrected chi connectivity index (χ4v) is 1.24. The third kappa shape index (κ3) is 2.57. The van der Waals surface area contributed by atoms with Crippen LogP contribution in [0.2, 0.25) is 0 Å².